The molecule has 3 amide bonds. The summed E-state index contributed by atoms with van der Waals surface area (Å²) < 4.78 is 10.7. The summed E-state index contributed by atoms with van der Waals surface area (Å²) in [6, 6.07) is 6.82. The number of carbonyl (C=O) groups is 2. The molecule has 134 valence electrons. The van der Waals surface area contributed by atoms with Crippen molar-refractivity contribution in [3.05, 3.63) is 48.3 Å². The molecule has 0 bridgehead atoms. The number of hydrogen-bond acceptors (Lipinski definition) is 4. The summed E-state index contributed by atoms with van der Waals surface area (Å²) in [4.78, 5) is 26.3. The van der Waals surface area contributed by atoms with Crippen molar-refractivity contribution in [3.8, 4) is 0 Å². The van der Waals surface area contributed by atoms with E-state index in [1.165, 1.54) is 0 Å². The molecule has 2 aromatic rings. The van der Waals surface area contributed by atoms with Gasteiger partial charge in [0.15, 0.2) is 0 Å². The second-order valence-electron chi connectivity index (χ2n) is 6.08. The van der Waals surface area contributed by atoms with E-state index >= 15 is 0 Å². The number of urea groups is 1. The van der Waals surface area contributed by atoms with E-state index in [-0.39, 0.29) is 25.0 Å². The average Bonchev–Trinajstić information content (AvgIpc) is 3.28. The molecule has 1 atom stereocenters. The highest BCUT2D eigenvalue weighted by Crippen LogP contribution is 2.30. The zero-order chi connectivity index (χ0) is 17.5. The smallest absolute Gasteiger partial charge is 0.315 e. The van der Waals surface area contributed by atoms with E-state index in [2.05, 4.69) is 10.6 Å². The van der Waals surface area contributed by atoms with Crippen LogP contribution in [0.15, 0.2) is 45.6 Å². The minimum Gasteiger partial charge on any atom is -0.467 e. The molecule has 2 aromatic heterocycles. The predicted molar refractivity (Wildman–Crippen MR) is 90.6 cm³/mol. The van der Waals surface area contributed by atoms with E-state index in [1.807, 2.05) is 17.0 Å². The molecular weight excluding hydrogens is 322 g/mol. The van der Waals surface area contributed by atoms with E-state index in [9.17, 15) is 9.59 Å². The van der Waals surface area contributed by atoms with Crippen LogP contribution in [-0.4, -0.2) is 29.9 Å². The molecule has 3 rings (SSSR count). The first-order valence-electron chi connectivity index (χ1n) is 8.61. The fraction of sp³-hybridized carbons (Fsp3) is 0.444. The Bertz CT molecular complexity index is 667. The molecule has 1 fully saturated rings. The highest BCUT2D eigenvalue weighted by molar-refractivity contribution is 5.84. The van der Waals surface area contributed by atoms with Crippen LogP contribution < -0.4 is 10.6 Å². The van der Waals surface area contributed by atoms with E-state index in [1.54, 1.807) is 24.7 Å². The maximum absolute atomic E-state index is 12.6. The van der Waals surface area contributed by atoms with Crippen molar-refractivity contribution < 1.29 is 18.4 Å². The number of hydrogen-bond donors (Lipinski definition) is 2. The lowest BCUT2D eigenvalue weighted by Crippen LogP contribution is -2.44. The number of amides is 3. The summed E-state index contributed by atoms with van der Waals surface area (Å²) in [6.07, 6.45) is 7.18. The van der Waals surface area contributed by atoms with Crippen molar-refractivity contribution in [3.63, 3.8) is 0 Å². The van der Waals surface area contributed by atoms with Crippen LogP contribution in [0.3, 0.4) is 0 Å². The van der Waals surface area contributed by atoms with Gasteiger partial charge in [-0.15, -0.1) is 0 Å². The molecular formula is C18H23N3O4. The van der Waals surface area contributed by atoms with Crippen molar-refractivity contribution in [2.24, 2.45) is 0 Å². The third-order valence-corrected chi connectivity index (χ3v) is 4.35. The first-order chi connectivity index (χ1) is 12.2. The molecule has 1 saturated heterocycles. The SMILES string of the molecule is O=C(NCC(=O)N1CCCCCC1c1ccco1)NCc1ccco1. The summed E-state index contributed by atoms with van der Waals surface area (Å²) in [5.74, 6) is 1.36. The van der Waals surface area contributed by atoms with Crippen LogP contribution in [0.25, 0.3) is 0 Å². The van der Waals surface area contributed by atoms with Gasteiger partial charge in [-0.05, 0) is 37.1 Å². The Labute approximate surface area is 146 Å². The topological polar surface area (TPSA) is 87.7 Å². The van der Waals surface area contributed by atoms with Crippen LogP contribution in [0, 0.1) is 0 Å². The highest BCUT2D eigenvalue weighted by atomic mass is 16.3. The standard InChI is InChI=1S/C18H23N3O4/c22-17(13-20-18(23)19-12-14-6-4-10-24-14)21-9-3-1-2-7-15(21)16-8-5-11-25-16/h4-6,8,10-11,15H,1-3,7,9,12-13H2,(H2,19,20,23). The van der Waals surface area contributed by atoms with Crippen LogP contribution in [0.4, 0.5) is 4.79 Å². The van der Waals surface area contributed by atoms with Crippen molar-refractivity contribution in [1.82, 2.24) is 15.5 Å². The monoisotopic (exact) mass is 345 g/mol. The van der Waals surface area contributed by atoms with E-state index in [4.69, 9.17) is 8.83 Å². The summed E-state index contributed by atoms with van der Waals surface area (Å²) in [7, 11) is 0. The predicted octanol–water partition coefficient (Wildman–Crippen LogP) is 2.82. The van der Waals surface area contributed by atoms with Gasteiger partial charge in [0.25, 0.3) is 0 Å². The Morgan fingerprint density at radius 1 is 1.08 bits per heavy atom. The third kappa shape index (κ3) is 4.65. The second-order valence-corrected chi connectivity index (χ2v) is 6.08. The normalized spacial score (nSPS) is 17.8. The van der Waals surface area contributed by atoms with Gasteiger partial charge in [0.05, 0.1) is 31.7 Å². The van der Waals surface area contributed by atoms with Crippen LogP contribution in [0.2, 0.25) is 0 Å². The van der Waals surface area contributed by atoms with E-state index in [0.717, 1.165) is 31.4 Å². The van der Waals surface area contributed by atoms with E-state index < -0.39 is 6.03 Å². The Balaban J connectivity index is 1.52. The van der Waals surface area contributed by atoms with Gasteiger partial charge in [0.2, 0.25) is 5.91 Å². The lowest BCUT2D eigenvalue weighted by Gasteiger charge is -2.28. The number of nitrogens with one attached hydrogen (secondary N) is 2. The van der Waals surface area contributed by atoms with Gasteiger partial charge in [0, 0.05) is 6.54 Å². The van der Waals surface area contributed by atoms with Crippen molar-refractivity contribution in [2.45, 2.75) is 38.3 Å². The number of carbonyl (C=O) groups excluding carboxylic acids is 2. The summed E-state index contributed by atoms with van der Waals surface area (Å²) >= 11 is 0. The lowest BCUT2D eigenvalue weighted by molar-refractivity contribution is -0.132. The molecule has 0 saturated carbocycles. The molecule has 0 radical (unpaired) electrons. The molecule has 25 heavy (non-hydrogen) atoms. The van der Waals surface area contributed by atoms with Gasteiger partial charge >= 0.3 is 6.03 Å². The first-order valence-corrected chi connectivity index (χ1v) is 8.61. The van der Waals surface area contributed by atoms with Gasteiger partial charge in [0.1, 0.15) is 11.5 Å². The Morgan fingerprint density at radius 2 is 1.92 bits per heavy atom. The zero-order valence-corrected chi connectivity index (χ0v) is 14.1. The second kappa shape index (κ2) is 8.41. The molecule has 0 spiro atoms. The Hall–Kier alpha value is -2.70. The number of rotatable bonds is 5. The molecule has 7 nitrogen and oxygen atoms in total. The molecule has 1 aliphatic heterocycles. The summed E-state index contributed by atoms with van der Waals surface area (Å²) in [6.45, 7) is 0.923. The molecule has 0 aliphatic carbocycles. The maximum atomic E-state index is 12.6. The third-order valence-electron chi connectivity index (χ3n) is 4.35. The largest absolute Gasteiger partial charge is 0.467 e. The van der Waals surface area contributed by atoms with Crippen molar-refractivity contribution in [2.75, 3.05) is 13.1 Å². The Kier molecular flexibility index (Phi) is 5.77. The maximum Gasteiger partial charge on any atom is 0.315 e. The Morgan fingerprint density at radius 3 is 2.68 bits per heavy atom. The zero-order valence-electron chi connectivity index (χ0n) is 14.1. The first kappa shape index (κ1) is 17.1. The lowest BCUT2D eigenvalue weighted by atomic mass is 10.1. The van der Waals surface area contributed by atoms with Crippen LogP contribution >= 0.6 is 0 Å². The molecule has 1 aliphatic rings. The average molecular weight is 345 g/mol. The number of likely N-dealkylation sites (tertiary alicyclic amines) is 1. The minimum atomic E-state index is -0.394. The summed E-state index contributed by atoms with van der Waals surface area (Å²) in [5, 5.41) is 5.28. The quantitative estimate of drug-likeness (QED) is 0.872. The number of furan rings is 2. The minimum absolute atomic E-state index is 0.0405. The summed E-state index contributed by atoms with van der Waals surface area (Å²) in [5.41, 5.74) is 0. The number of nitrogens with zero attached hydrogens (tertiary/aromatic N) is 1. The molecule has 2 N–H and O–H groups in total. The van der Waals surface area contributed by atoms with Crippen LogP contribution in [-0.2, 0) is 11.3 Å². The van der Waals surface area contributed by atoms with Gasteiger partial charge in [-0.1, -0.05) is 12.8 Å². The van der Waals surface area contributed by atoms with Gasteiger partial charge in [-0.2, -0.15) is 0 Å². The molecule has 1 unspecified atom stereocenters. The highest BCUT2D eigenvalue weighted by Gasteiger charge is 2.28. The van der Waals surface area contributed by atoms with Gasteiger partial charge in [-0.3, -0.25) is 4.79 Å². The fourth-order valence-corrected chi connectivity index (χ4v) is 3.08. The fourth-order valence-electron chi connectivity index (χ4n) is 3.08. The molecule has 3 heterocycles. The molecule has 0 aromatic carbocycles. The van der Waals surface area contributed by atoms with E-state index in [0.29, 0.717) is 12.3 Å². The van der Waals surface area contributed by atoms with Crippen LogP contribution in [0.1, 0.15) is 43.2 Å². The van der Waals surface area contributed by atoms with Gasteiger partial charge in [-0.25, -0.2) is 4.79 Å². The van der Waals surface area contributed by atoms with Crippen molar-refractivity contribution in [1.29, 1.82) is 0 Å². The van der Waals surface area contributed by atoms with Crippen LogP contribution in [0.5, 0.6) is 0 Å². The van der Waals surface area contributed by atoms with Gasteiger partial charge < -0.3 is 24.4 Å². The molecule has 7 heteroatoms. The van der Waals surface area contributed by atoms with Crippen molar-refractivity contribution >= 4 is 11.9 Å².